The summed E-state index contributed by atoms with van der Waals surface area (Å²) in [6, 6.07) is 13.7. The molecule has 1 N–H and O–H groups in total. The van der Waals surface area contributed by atoms with Crippen molar-refractivity contribution in [2.24, 2.45) is 0 Å². The molecule has 0 saturated heterocycles. The first kappa shape index (κ1) is 19.4. The maximum absolute atomic E-state index is 13.5. The van der Waals surface area contributed by atoms with Crippen LogP contribution in [0.25, 0.3) is 0 Å². The number of allylic oxidation sites excluding steroid dienone is 2. The number of ketones is 1. The second-order valence-corrected chi connectivity index (χ2v) is 7.95. The Kier molecular flexibility index (Phi) is 4.73. The first-order valence-corrected chi connectivity index (χ1v) is 10.3. The number of fused-ring (bicyclic) bond motifs is 1. The van der Waals surface area contributed by atoms with Crippen LogP contribution in [-0.2, 0) is 4.79 Å². The van der Waals surface area contributed by atoms with E-state index >= 15 is 0 Å². The highest BCUT2D eigenvalue weighted by Gasteiger charge is 2.39. The summed E-state index contributed by atoms with van der Waals surface area (Å²) in [5.74, 6) is 2.18. The monoisotopic (exact) mass is 416 g/mol. The molecule has 0 spiro atoms. The number of rotatable bonds is 4. The van der Waals surface area contributed by atoms with Crippen LogP contribution < -0.4 is 14.8 Å². The van der Waals surface area contributed by atoms with Gasteiger partial charge in [0.1, 0.15) is 12.4 Å². The highest BCUT2D eigenvalue weighted by Crippen LogP contribution is 2.45. The molecule has 0 unspecified atom stereocenters. The average Bonchev–Trinajstić information content (AvgIpc) is 3.26. The Morgan fingerprint density at radius 1 is 1.06 bits per heavy atom. The van der Waals surface area contributed by atoms with Crippen molar-refractivity contribution in [2.45, 2.75) is 31.7 Å². The minimum absolute atomic E-state index is 0.0468. The van der Waals surface area contributed by atoms with E-state index in [0.29, 0.717) is 30.3 Å². The van der Waals surface area contributed by atoms with Crippen LogP contribution in [0.5, 0.6) is 11.5 Å². The van der Waals surface area contributed by atoms with Crippen LogP contribution in [0.3, 0.4) is 0 Å². The Labute approximate surface area is 180 Å². The zero-order chi connectivity index (χ0) is 21.5. The summed E-state index contributed by atoms with van der Waals surface area (Å²) in [7, 11) is 3.24. The van der Waals surface area contributed by atoms with Crippen LogP contribution in [0.1, 0.15) is 41.5 Å². The van der Waals surface area contributed by atoms with Gasteiger partial charge in [-0.25, -0.2) is 4.68 Å². The maximum atomic E-state index is 13.5. The molecular weight excluding hydrogens is 392 g/mol. The van der Waals surface area contributed by atoms with Crippen molar-refractivity contribution in [2.75, 3.05) is 19.5 Å². The molecule has 2 atom stereocenters. The highest BCUT2D eigenvalue weighted by molar-refractivity contribution is 6.00. The largest absolute Gasteiger partial charge is 0.493 e. The fourth-order valence-electron chi connectivity index (χ4n) is 4.68. The number of Topliss-reactive ketones (excluding diaryl/α,β-unsaturated/α-hetero) is 1. The van der Waals surface area contributed by atoms with Gasteiger partial charge in [-0.3, -0.25) is 4.79 Å². The van der Waals surface area contributed by atoms with Gasteiger partial charge in [-0.15, -0.1) is 0 Å². The molecule has 0 amide bonds. The van der Waals surface area contributed by atoms with E-state index < -0.39 is 0 Å². The number of anilines is 1. The number of ether oxygens (including phenoxy) is 2. The molecular formula is C24H24N4O3. The molecule has 1 aromatic heterocycles. The SMILES string of the molecule is COc1ccc([C@@H]2CC(=O)C3=C(C2)Nc2ncnn2[C@H]3c2ccccc2C)cc1OC. The van der Waals surface area contributed by atoms with Gasteiger partial charge in [0.2, 0.25) is 5.95 Å². The van der Waals surface area contributed by atoms with E-state index in [-0.39, 0.29) is 17.7 Å². The first-order chi connectivity index (χ1) is 15.1. The molecule has 3 aromatic rings. The molecule has 1 aliphatic carbocycles. The highest BCUT2D eigenvalue weighted by atomic mass is 16.5. The minimum atomic E-state index is -0.270. The summed E-state index contributed by atoms with van der Waals surface area (Å²) in [6.07, 6.45) is 2.68. The van der Waals surface area contributed by atoms with Gasteiger partial charge in [0.15, 0.2) is 17.3 Å². The molecule has 0 bridgehead atoms. The third-order valence-corrected chi connectivity index (χ3v) is 6.22. The van der Waals surface area contributed by atoms with Gasteiger partial charge in [0.25, 0.3) is 0 Å². The number of methoxy groups -OCH3 is 2. The molecule has 2 aromatic carbocycles. The second-order valence-electron chi connectivity index (χ2n) is 7.95. The molecule has 31 heavy (non-hydrogen) atoms. The smallest absolute Gasteiger partial charge is 0.226 e. The number of carbonyl (C=O) groups is 1. The fraction of sp³-hybridized carbons (Fsp3) is 0.292. The van der Waals surface area contributed by atoms with Crippen molar-refractivity contribution in [1.29, 1.82) is 0 Å². The number of hydrogen-bond acceptors (Lipinski definition) is 6. The molecule has 0 saturated carbocycles. The minimum Gasteiger partial charge on any atom is -0.493 e. The number of aryl methyl sites for hydroxylation is 1. The van der Waals surface area contributed by atoms with Gasteiger partial charge < -0.3 is 14.8 Å². The maximum Gasteiger partial charge on any atom is 0.226 e. The Morgan fingerprint density at radius 2 is 1.87 bits per heavy atom. The predicted octanol–water partition coefficient (Wildman–Crippen LogP) is 4.02. The molecule has 7 heteroatoms. The molecule has 7 nitrogen and oxygen atoms in total. The number of nitrogens with zero attached hydrogens (tertiary/aromatic N) is 3. The van der Waals surface area contributed by atoms with Crippen LogP contribution in [0.2, 0.25) is 0 Å². The molecule has 0 radical (unpaired) electrons. The van der Waals surface area contributed by atoms with Crippen molar-refractivity contribution in [3.63, 3.8) is 0 Å². The summed E-state index contributed by atoms with van der Waals surface area (Å²) < 4.78 is 12.6. The van der Waals surface area contributed by atoms with Crippen molar-refractivity contribution in [1.82, 2.24) is 14.8 Å². The molecule has 0 fully saturated rings. The zero-order valence-corrected chi connectivity index (χ0v) is 17.8. The quantitative estimate of drug-likeness (QED) is 0.692. The van der Waals surface area contributed by atoms with Crippen LogP contribution >= 0.6 is 0 Å². The zero-order valence-electron chi connectivity index (χ0n) is 17.8. The van der Waals surface area contributed by atoms with Gasteiger partial charge in [-0.1, -0.05) is 30.3 Å². The first-order valence-electron chi connectivity index (χ1n) is 10.3. The van der Waals surface area contributed by atoms with Crippen molar-refractivity contribution in [3.8, 4) is 11.5 Å². The van der Waals surface area contributed by atoms with E-state index in [1.807, 2.05) is 35.0 Å². The lowest BCUT2D eigenvalue weighted by molar-refractivity contribution is -0.116. The van der Waals surface area contributed by atoms with Crippen molar-refractivity contribution in [3.05, 3.63) is 76.8 Å². The summed E-state index contributed by atoms with van der Waals surface area (Å²) in [5.41, 5.74) is 4.95. The number of aromatic nitrogens is 3. The van der Waals surface area contributed by atoms with Gasteiger partial charge >= 0.3 is 0 Å². The molecule has 2 heterocycles. The molecule has 1 aliphatic heterocycles. The van der Waals surface area contributed by atoms with Gasteiger partial charge in [0, 0.05) is 17.7 Å². The molecule has 2 aliphatic rings. The Morgan fingerprint density at radius 3 is 2.65 bits per heavy atom. The Hall–Kier alpha value is -3.61. The van der Waals surface area contributed by atoms with Crippen LogP contribution in [0.15, 0.2) is 60.1 Å². The normalized spacial score (nSPS) is 20.0. The number of nitrogens with one attached hydrogen (secondary N) is 1. The summed E-state index contributed by atoms with van der Waals surface area (Å²) >= 11 is 0. The summed E-state index contributed by atoms with van der Waals surface area (Å²) in [4.78, 5) is 17.9. The van der Waals surface area contributed by atoms with E-state index in [1.165, 1.54) is 6.33 Å². The van der Waals surface area contributed by atoms with Crippen molar-refractivity contribution >= 4 is 11.7 Å². The lowest BCUT2D eigenvalue weighted by Gasteiger charge is -2.35. The van der Waals surface area contributed by atoms with Gasteiger partial charge in [0.05, 0.1) is 14.2 Å². The molecule has 5 rings (SSSR count). The standard InChI is InChI=1S/C24H24N4O3/c1-14-6-4-5-7-17(14)23-22-18(27-24-25-13-26-28(23)24)10-16(11-19(22)29)15-8-9-20(30-2)21(12-15)31-3/h4-9,12-13,16,23H,10-11H2,1-3H3,(H,25,26,27)/t16-,23-/m0/s1. The fourth-order valence-corrected chi connectivity index (χ4v) is 4.68. The van der Waals surface area contributed by atoms with E-state index in [1.54, 1.807) is 14.2 Å². The van der Waals surface area contributed by atoms with Crippen LogP contribution in [0.4, 0.5) is 5.95 Å². The Bertz CT molecular complexity index is 1200. The summed E-state index contributed by atoms with van der Waals surface area (Å²) in [6.45, 7) is 2.06. The third-order valence-electron chi connectivity index (χ3n) is 6.22. The lowest BCUT2D eigenvalue weighted by Crippen LogP contribution is -2.33. The van der Waals surface area contributed by atoms with E-state index in [9.17, 15) is 4.79 Å². The Balaban J connectivity index is 1.57. The summed E-state index contributed by atoms with van der Waals surface area (Å²) in [5, 5.41) is 7.80. The second kappa shape index (κ2) is 7.58. The topological polar surface area (TPSA) is 78.3 Å². The molecule has 158 valence electrons. The van der Waals surface area contributed by atoms with Gasteiger partial charge in [-0.05, 0) is 48.1 Å². The number of benzene rings is 2. The van der Waals surface area contributed by atoms with E-state index in [2.05, 4.69) is 34.5 Å². The average molecular weight is 416 g/mol. The lowest BCUT2D eigenvalue weighted by atomic mass is 9.77. The predicted molar refractivity (Wildman–Crippen MR) is 117 cm³/mol. The number of hydrogen-bond donors (Lipinski definition) is 1. The number of carbonyl (C=O) groups excluding carboxylic acids is 1. The van der Waals surface area contributed by atoms with E-state index in [4.69, 9.17) is 9.47 Å². The van der Waals surface area contributed by atoms with Gasteiger partial charge in [-0.2, -0.15) is 10.1 Å². The van der Waals surface area contributed by atoms with Crippen LogP contribution in [0, 0.1) is 6.92 Å². The van der Waals surface area contributed by atoms with Crippen LogP contribution in [-0.4, -0.2) is 34.8 Å². The van der Waals surface area contributed by atoms with E-state index in [0.717, 1.165) is 28.0 Å². The van der Waals surface area contributed by atoms with Crippen molar-refractivity contribution < 1.29 is 14.3 Å². The third kappa shape index (κ3) is 3.17.